The molecule has 7 heavy (non-hydrogen) atoms. The summed E-state index contributed by atoms with van der Waals surface area (Å²) in [7, 11) is 0. The van der Waals surface area contributed by atoms with Gasteiger partial charge in [0.1, 0.15) is 11.3 Å². The number of nitrogens with one attached hydrogen (secondary N) is 1. The van der Waals surface area contributed by atoms with Crippen LogP contribution in [0.5, 0.6) is 0 Å². The van der Waals surface area contributed by atoms with E-state index in [1.54, 1.807) is 0 Å². The summed E-state index contributed by atoms with van der Waals surface area (Å²) in [5.74, 6) is 0. The van der Waals surface area contributed by atoms with Crippen LogP contribution in [-0.4, -0.2) is 15.7 Å². The average Bonchev–Trinajstić information content (AvgIpc) is 2.14. The molecule has 0 aliphatic carbocycles. The summed E-state index contributed by atoms with van der Waals surface area (Å²) in [5, 5.41) is 6.79. The maximum Gasteiger partial charge on any atom is 0.178 e. The van der Waals surface area contributed by atoms with E-state index in [-0.39, 0.29) is 0 Å². The summed E-state index contributed by atoms with van der Waals surface area (Å²) >= 11 is 0.376. The first kappa shape index (κ1) is 4.45. The highest BCUT2D eigenvalue weighted by Gasteiger charge is 1.98. The van der Waals surface area contributed by atoms with E-state index in [1.807, 2.05) is 0 Å². The molecule has 0 aromatic carbocycles. The van der Waals surface area contributed by atoms with E-state index in [9.17, 15) is 4.21 Å². The molecule has 1 heterocycles. The molecular weight excluding hydrogens is 114 g/mol. The molecule has 0 unspecified atom stereocenters. The van der Waals surface area contributed by atoms with Gasteiger partial charge >= 0.3 is 0 Å². The van der Waals surface area contributed by atoms with Crippen molar-refractivity contribution in [2.24, 2.45) is 10.3 Å². The summed E-state index contributed by atoms with van der Waals surface area (Å²) in [6.45, 7) is 0.494. The van der Waals surface area contributed by atoms with Gasteiger partial charge in [-0.3, -0.25) is 5.43 Å². The van der Waals surface area contributed by atoms with Crippen molar-refractivity contribution in [2.75, 3.05) is 6.54 Å². The van der Waals surface area contributed by atoms with Crippen LogP contribution < -0.4 is 5.43 Å². The molecule has 0 aromatic heterocycles. The van der Waals surface area contributed by atoms with Gasteiger partial charge in [0.15, 0.2) is 4.99 Å². The lowest BCUT2D eigenvalue weighted by molar-refractivity contribution is 0.700. The Labute approximate surface area is 43.7 Å². The van der Waals surface area contributed by atoms with Gasteiger partial charge in [-0.15, -0.1) is 5.11 Å². The van der Waals surface area contributed by atoms with E-state index in [2.05, 4.69) is 15.8 Å². The predicted octanol–water partition coefficient (Wildman–Crippen LogP) is -0.700. The van der Waals surface area contributed by atoms with Crippen molar-refractivity contribution in [3.05, 3.63) is 0 Å². The molecule has 38 valence electrons. The number of nitrogens with zero attached hydrogens (tertiary/aromatic N) is 2. The standard InChI is InChI=1S/C2H3N3OS/c6-7-2-1-3-5-4-2/h1H2,(H,3,4). The third-order valence-corrected chi connectivity index (χ3v) is 0.977. The first-order valence-corrected chi connectivity index (χ1v) is 2.47. The highest BCUT2D eigenvalue weighted by molar-refractivity contribution is 7.66. The second-order valence-corrected chi connectivity index (χ2v) is 1.65. The second kappa shape index (κ2) is 1.83. The summed E-state index contributed by atoms with van der Waals surface area (Å²) in [6.07, 6.45) is 0. The van der Waals surface area contributed by atoms with Crippen LogP contribution in [-0.2, 0) is 11.3 Å². The van der Waals surface area contributed by atoms with E-state index in [4.69, 9.17) is 0 Å². The minimum absolute atomic E-state index is 0.376. The molecule has 0 amide bonds. The molecule has 0 spiro atoms. The number of hydrogen-bond donors (Lipinski definition) is 1. The second-order valence-electron chi connectivity index (χ2n) is 1.01. The molecule has 4 nitrogen and oxygen atoms in total. The van der Waals surface area contributed by atoms with E-state index >= 15 is 0 Å². The molecule has 1 N–H and O–H groups in total. The van der Waals surface area contributed by atoms with Crippen LogP contribution in [0.3, 0.4) is 0 Å². The smallest absolute Gasteiger partial charge is 0.178 e. The van der Waals surface area contributed by atoms with Gasteiger partial charge in [-0.2, -0.15) is 0 Å². The summed E-state index contributed by atoms with van der Waals surface area (Å²) in [5.41, 5.74) is 2.52. The Bertz CT molecular complexity index is 147. The molecule has 5 heteroatoms. The van der Waals surface area contributed by atoms with Crippen molar-refractivity contribution in [1.29, 1.82) is 0 Å². The molecule has 0 atom stereocenters. The molecule has 0 fully saturated rings. The highest BCUT2D eigenvalue weighted by Crippen LogP contribution is 1.82. The Hall–Kier alpha value is -0.710. The lowest BCUT2D eigenvalue weighted by Gasteiger charge is -1.74. The molecular formula is C2H3N3OS. The molecule has 1 aliphatic heterocycles. The topological polar surface area (TPSA) is 53.8 Å². The SMILES string of the molecule is O=S=C1CNN=N1. The van der Waals surface area contributed by atoms with Crippen molar-refractivity contribution in [3.8, 4) is 0 Å². The van der Waals surface area contributed by atoms with Crippen molar-refractivity contribution in [1.82, 2.24) is 5.43 Å². The summed E-state index contributed by atoms with van der Waals surface area (Å²) < 4.78 is 9.82. The van der Waals surface area contributed by atoms with Crippen molar-refractivity contribution >= 4 is 16.2 Å². The molecule has 1 rings (SSSR count). The highest BCUT2D eigenvalue weighted by atomic mass is 32.1. The molecule has 0 bridgehead atoms. The predicted molar refractivity (Wildman–Crippen MR) is 26.0 cm³/mol. The maximum atomic E-state index is 9.82. The zero-order valence-electron chi connectivity index (χ0n) is 3.42. The normalized spacial score (nSPS) is 16.9. The lowest BCUT2D eigenvalue weighted by atomic mass is 10.7. The van der Waals surface area contributed by atoms with Gasteiger partial charge in [0.25, 0.3) is 0 Å². The Morgan fingerprint density at radius 1 is 1.86 bits per heavy atom. The van der Waals surface area contributed by atoms with Gasteiger partial charge in [-0.05, 0) is 0 Å². The summed E-state index contributed by atoms with van der Waals surface area (Å²) in [6, 6.07) is 0. The van der Waals surface area contributed by atoms with Gasteiger partial charge < -0.3 is 0 Å². The molecule has 0 saturated carbocycles. The van der Waals surface area contributed by atoms with Crippen LogP contribution in [0.1, 0.15) is 0 Å². The van der Waals surface area contributed by atoms with Crippen molar-refractivity contribution < 1.29 is 4.21 Å². The Morgan fingerprint density at radius 3 is 3.00 bits per heavy atom. The van der Waals surface area contributed by atoms with Gasteiger partial charge in [0.2, 0.25) is 0 Å². The number of rotatable bonds is 0. The van der Waals surface area contributed by atoms with Gasteiger partial charge in [0.05, 0.1) is 6.54 Å². The Balaban J connectivity index is 2.77. The average molecular weight is 117 g/mol. The zero-order chi connectivity index (χ0) is 5.11. The number of hydrogen-bond acceptors (Lipinski definition) is 3. The fourth-order valence-corrected chi connectivity index (χ4v) is 0.473. The maximum absolute atomic E-state index is 9.82. The third-order valence-electron chi connectivity index (χ3n) is 0.559. The van der Waals surface area contributed by atoms with Crippen LogP contribution in [0.4, 0.5) is 0 Å². The lowest BCUT2D eigenvalue weighted by Crippen LogP contribution is -2.06. The molecule has 0 radical (unpaired) electrons. The van der Waals surface area contributed by atoms with Crippen LogP contribution in [0, 0.1) is 0 Å². The third kappa shape index (κ3) is 0.833. The van der Waals surface area contributed by atoms with Crippen LogP contribution in [0.2, 0.25) is 0 Å². The van der Waals surface area contributed by atoms with Gasteiger partial charge in [-0.1, -0.05) is 5.22 Å². The zero-order valence-corrected chi connectivity index (χ0v) is 4.23. The Kier molecular flexibility index (Phi) is 1.16. The van der Waals surface area contributed by atoms with Crippen LogP contribution in [0.25, 0.3) is 0 Å². The van der Waals surface area contributed by atoms with E-state index < -0.39 is 0 Å². The van der Waals surface area contributed by atoms with Crippen LogP contribution in [0.15, 0.2) is 10.3 Å². The van der Waals surface area contributed by atoms with E-state index in [0.29, 0.717) is 22.8 Å². The molecule has 1 aliphatic rings. The van der Waals surface area contributed by atoms with Gasteiger partial charge in [0, 0.05) is 0 Å². The first-order valence-electron chi connectivity index (χ1n) is 1.73. The monoisotopic (exact) mass is 117 g/mol. The molecule has 0 aromatic rings. The van der Waals surface area contributed by atoms with Crippen LogP contribution >= 0.6 is 0 Å². The first-order chi connectivity index (χ1) is 3.43. The fraction of sp³-hybridized carbons (Fsp3) is 0.500. The van der Waals surface area contributed by atoms with Crippen molar-refractivity contribution in [2.45, 2.75) is 0 Å². The largest absolute Gasteiger partial charge is 0.284 e. The fourth-order valence-electron chi connectivity index (χ4n) is 0.276. The molecule has 0 saturated heterocycles. The van der Waals surface area contributed by atoms with E-state index in [1.165, 1.54) is 0 Å². The van der Waals surface area contributed by atoms with Gasteiger partial charge in [-0.25, -0.2) is 4.21 Å². The quantitative estimate of drug-likeness (QED) is 0.426. The van der Waals surface area contributed by atoms with E-state index in [0.717, 1.165) is 0 Å². The van der Waals surface area contributed by atoms with Crippen molar-refractivity contribution in [3.63, 3.8) is 0 Å². The minimum Gasteiger partial charge on any atom is -0.284 e. The summed E-state index contributed by atoms with van der Waals surface area (Å²) in [4.78, 5) is 0.500. The minimum atomic E-state index is 0.376. The Morgan fingerprint density at radius 2 is 2.71 bits per heavy atom.